The van der Waals surface area contributed by atoms with Gasteiger partial charge in [0.05, 0.1) is 16.1 Å². The van der Waals surface area contributed by atoms with E-state index in [9.17, 15) is 5.11 Å². The van der Waals surface area contributed by atoms with Gasteiger partial charge in [0.15, 0.2) is 0 Å². The number of methoxy groups -OCH3 is 1. The van der Waals surface area contributed by atoms with Gasteiger partial charge < -0.3 is 14.3 Å². The second kappa shape index (κ2) is 5.23. The fraction of sp³-hybridized carbons (Fsp3) is 0.385. The summed E-state index contributed by atoms with van der Waals surface area (Å²) in [6.07, 6.45) is -0.609. The first-order chi connectivity index (χ1) is 8.45. The van der Waals surface area contributed by atoms with Gasteiger partial charge in [0.2, 0.25) is 0 Å². The number of aliphatic hydroxyl groups excluding tert-OH is 1. The normalized spacial score (nSPS) is 13.3. The molecule has 2 rings (SSSR count). The van der Waals surface area contributed by atoms with Crippen LogP contribution in [0.1, 0.15) is 25.7 Å². The van der Waals surface area contributed by atoms with Gasteiger partial charge in [0.25, 0.3) is 0 Å². The summed E-state index contributed by atoms with van der Waals surface area (Å²) >= 11 is 6.93. The average Bonchev–Trinajstić information content (AvgIpc) is 2.78. The van der Waals surface area contributed by atoms with Crippen molar-refractivity contribution in [3.8, 4) is 5.75 Å². The van der Waals surface area contributed by atoms with E-state index in [0.717, 1.165) is 20.1 Å². The lowest BCUT2D eigenvalue weighted by atomic mass is 10.1. The smallest absolute Gasteiger partial charge is 0.150 e. The maximum absolute atomic E-state index is 10.1. The molecule has 98 valence electrons. The maximum atomic E-state index is 10.1. The summed E-state index contributed by atoms with van der Waals surface area (Å²) < 4.78 is 12.6. The summed E-state index contributed by atoms with van der Waals surface area (Å²) in [6, 6.07) is 3.68. The van der Waals surface area contributed by atoms with Gasteiger partial charge in [-0.3, -0.25) is 0 Å². The molecule has 1 atom stereocenters. The number of ether oxygens (including phenoxy) is 1. The minimum atomic E-state index is -0.609. The number of hydrogen-bond donors (Lipinski definition) is 1. The zero-order valence-electron chi connectivity index (χ0n) is 10.3. The molecule has 1 unspecified atom stereocenters. The van der Waals surface area contributed by atoms with Crippen LogP contribution in [-0.4, -0.2) is 12.2 Å². The predicted octanol–water partition coefficient (Wildman–Crippen LogP) is 4.66. The maximum Gasteiger partial charge on any atom is 0.150 e. The first-order valence-electron chi connectivity index (χ1n) is 5.59. The number of hydrogen-bond acceptors (Lipinski definition) is 3. The molecule has 1 N–H and O–H groups in total. The van der Waals surface area contributed by atoms with E-state index in [-0.39, 0.29) is 5.92 Å². The van der Waals surface area contributed by atoms with Gasteiger partial charge in [-0.2, -0.15) is 0 Å². The van der Waals surface area contributed by atoms with E-state index >= 15 is 0 Å². The van der Waals surface area contributed by atoms with E-state index in [1.807, 2.05) is 26.0 Å². The number of halogens is 2. The third-order valence-corrected chi connectivity index (χ3v) is 4.23. The molecule has 1 aromatic carbocycles. The van der Waals surface area contributed by atoms with Gasteiger partial charge in [0, 0.05) is 5.39 Å². The van der Waals surface area contributed by atoms with Gasteiger partial charge in [-0.25, -0.2) is 0 Å². The lowest BCUT2D eigenvalue weighted by molar-refractivity contribution is 0.104. The standard InChI is InChI=1S/C13H14Br2O3/c1-6(2)12(16)10-4-7-11(15)9(17-3)5-8(14)13(7)18-10/h4-6,12,16H,1-3H3. The Bertz CT molecular complexity index is 575. The summed E-state index contributed by atoms with van der Waals surface area (Å²) in [5.74, 6) is 1.39. The molecule has 0 spiro atoms. The minimum Gasteiger partial charge on any atom is -0.496 e. The van der Waals surface area contributed by atoms with Crippen molar-refractivity contribution in [1.29, 1.82) is 0 Å². The molecule has 5 heteroatoms. The Labute approximate surface area is 122 Å². The molecule has 0 bridgehead atoms. The van der Waals surface area contributed by atoms with Gasteiger partial charge in [0.1, 0.15) is 23.2 Å². The summed E-state index contributed by atoms with van der Waals surface area (Å²) in [7, 11) is 1.61. The van der Waals surface area contributed by atoms with Crippen LogP contribution in [0.4, 0.5) is 0 Å². The van der Waals surface area contributed by atoms with E-state index in [2.05, 4.69) is 31.9 Å². The van der Waals surface area contributed by atoms with Crippen LogP contribution in [0.25, 0.3) is 11.0 Å². The van der Waals surface area contributed by atoms with E-state index in [4.69, 9.17) is 9.15 Å². The van der Waals surface area contributed by atoms with Crippen LogP contribution < -0.4 is 4.74 Å². The minimum absolute atomic E-state index is 0.102. The Kier molecular flexibility index (Phi) is 4.04. The Hall–Kier alpha value is -0.520. The van der Waals surface area contributed by atoms with Gasteiger partial charge in [-0.1, -0.05) is 13.8 Å². The second-order valence-corrected chi connectivity index (χ2v) is 6.10. The summed E-state index contributed by atoms with van der Waals surface area (Å²) in [5.41, 5.74) is 0.706. The van der Waals surface area contributed by atoms with Crippen LogP contribution in [0, 0.1) is 5.92 Å². The SMILES string of the molecule is COc1cc(Br)c2oc(C(O)C(C)C)cc2c1Br. The summed E-state index contributed by atoms with van der Waals surface area (Å²) in [6.45, 7) is 3.89. The Balaban J connectivity index is 2.64. The van der Waals surface area contributed by atoms with Crippen molar-refractivity contribution in [2.45, 2.75) is 20.0 Å². The molecule has 0 radical (unpaired) electrons. The molecule has 2 aromatic rings. The number of rotatable bonds is 3. The fourth-order valence-corrected chi connectivity index (χ4v) is 2.82. The van der Waals surface area contributed by atoms with Crippen LogP contribution >= 0.6 is 31.9 Å². The van der Waals surface area contributed by atoms with E-state index in [1.165, 1.54) is 0 Å². The fourth-order valence-electron chi connectivity index (χ4n) is 1.75. The first kappa shape index (κ1) is 13.9. The molecule has 0 aliphatic heterocycles. The molecule has 0 saturated carbocycles. The van der Waals surface area contributed by atoms with Crippen molar-refractivity contribution >= 4 is 42.8 Å². The molecule has 3 nitrogen and oxygen atoms in total. The van der Waals surface area contributed by atoms with Crippen LogP contribution in [0.5, 0.6) is 5.75 Å². The molecule has 18 heavy (non-hydrogen) atoms. The van der Waals surface area contributed by atoms with Crippen molar-refractivity contribution in [2.75, 3.05) is 7.11 Å². The lowest BCUT2D eigenvalue weighted by Crippen LogP contribution is -2.03. The Morgan fingerprint density at radius 1 is 1.28 bits per heavy atom. The van der Waals surface area contributed by atoms with Crippen LogP contribution in [0.15, 0.2) is 25.5 Å². The number of fused-ring (bicyclic) bond motifs is 1. The highest BCUT2D eigenvalue weighted by Crippen LogP contribution is 2.41. The largest absolute Gasteiger partial charge is 0.496 e. The Morgan fingerprint density at radius 2 is 1.94 bits per heavy atom. The van der Waals surface area contributed by atoms with E-state index in [0.29, 0.717) is 11.3 Å². The van der Waals surface area contributed by atoms with Gasteiger partial charge >= 0.3 is 0 Å². The van der Waals surface area contributed by atoms with Crippen molar-refractivity contribution in [2.24, 2.45) is 5.92 Å². The van der Waals surface area contributed by atoms with Crippen molar-refractivity contribution in [1.82, 2.24) is 0 Å². The second-order valence-electron chi connectivity index (χ2n) is 4.46. The number of furan rings is 1. The Morgan fingerprint density at radius 3 is 2.50 bits per heavy atom. The summed E-state index contributed by atoms with van der Waals surface area (Å²) in [4.78, 5) is 0. The number of benzene rings is 1. The molecule has 0 aliphatic rings. The average molecular weight is 378 g/mol. The molecule has 0 aliphatic carbocycles. The zero-order valence-corrected chi connectivity index (χ0v) is 13.5. The molecular formula is C13H14Br2O3. The molecule has 0 amide bonds. The van der Waals surface area contributed by atoms with Crippen molar-refractivity contribution in [3.05, 3.63) is 26.8 Å². The van der Waals surface area contributed by atoms with Crippen LogP contribution in [-0.2, 0) is 0 Å². The van der Waals surface area contributed by atoms with E-state index in [1.54, 1.807) is 7.11 Å². The highest BCUT2D eigenvalue weighted by atomic mass is 79.9. The molecule has 1 aromatic heterocycles. The van der Waals surface area contributed by atoms with Crippen molar-refractivity contribution in [3.63, 3.8) is 0 Å². The predicted molar refractivity (Wildman–Crippen MR) is 78.0 cm³/mol. The number of aliphatic hydroxyl groups is 1. The quantitative estimate of drug-likeness (QED) is 0.845. The molecular weight excluding hydrogens is 364 g/mol. The monoisotopic (exact) mass is 376 g/mol. The van der Waals surface area contributed by atoms with Gasteiger partial charge in [-0.15, -0.1) is 0 Å². The third kappa shape index (κ3) is 2.31. The highest BCUT2D eigenvalue weighted by Gasteiger charge is 2.20. The molecule has 0 fully saturated rings. The molecule has 1 heterocycles. The zero-order chi connectivity index (χ0) is 13.4. The first-order valence-corrected chi connectivity index (χ1v) is 7.17. The van der Waals surface area contributed by atoms with Crippen LogP contribution in [0.3, 0.4) is 0 Å². The topological polar surface area (TPSA) is 42.6 Å². The summed E-state index contributed by atoms with van der Waals surface area (Å²) in [5, 5.41) is 10.9. The molecule has 0 saturated heterocycles. The van der Waals surface area contributed by atoms with Crippen molar-refractivity contribution < 1.29 is 14.3 Å². The highest BCUT2D eigenvalue weighted by molar-refractivity contribution is 9.11. The third-order valence-electron chi connectivity index (χ3n) is 2.82. The van der Waals surface area contributed by atoms with Gasteiger partial charge in [-0.05, 0) is 49.9 Å². The van der Waals surface area contributed by atoms with Crippen LogP contribution in [0.2, 0.25) is 0 Å². The van der Waals surface area contributed by atoms with E-state index < -0.39 is 6.10 Å². The lowest BCUT2D eigenvalue weighted by Gasteiger charge is -2.10.